The van der Waals surface area contributed by atoms with Gasteiger partial charge in [-0.15, -0.1) is 11.3 Å². The van der Waals surface area contributed by atoms with Crippen molar-refractivity contribution in [1.82, 2.24) is 4.98 Å². The maximum atomic E-state index is 3.55. The molecule has 0 spiro atoms. The topological polar surface area (TPSA) is 27.8 Å². The first-order valence-corrected chi connectivity index (χ1v) is 8.09. The van der Waals surface area contributed by atoms with E-state index >= 15 is 0 Å². The Morgan fingerprint density at radius 3 is 2.91 bits per heavy atom. The molecule has 0 saturated carbocycles. The number of rotatable bonds is 3. The minimum absolute atomic E-state index is 1.02. The van der Waals surface area contributed by atoms with Gasteiger partial charge in [0, 0.05) is 39.3 Å². The van der Waals surface area contributed by atoms with Gasteiger partial charge in [-0.2, -0.15) is 0 Å². The van der Waals surface area contributed by atoms with Crippen LogP contribution in [0.25, 0.3) is 21.3 Å². The van der Waals surface area contributed by atoms with Gasteiger partial charge in [0.2, 0.25) is 0 Å². The molecule has 0 aliphatic rings. The van der Waals surface area contributed by atoms with Crippen molar-refractivity contribution in [3.05, 3.63) is 71.7 Å². The second-order valence-corrected chi connectivity index (χ2v) is 6.19. The van der Waals surface area contributed by atoms with Crippen LogP contribution >= 0.6 is 11.3 Å². The molecule has 3 heteroatoms. The number of hydrogen-bond acceptors (Lipinski definition) is 2. The van der Waals surface area contributed by atoms with Crippen molar-refractivity contribution in [3.63, 3.8) is 0 Å². The standard InChI is InChI=1S/C19H15N2S/c1-13-14-10-11-20-17(14)9-8-16(13)21-18-6-3-2-5-15(18)19-7-4-12-22-19/h2-5,7-12,20-21H,1H3. The molecule has 2 aromatic heterocycles. The van der Waals surface area contributed by atoms with Crippen molar-refractivity contribution in [2.24, 2.45) is 0 Å². The first kappa shape index (κ1) is 13.2. The van der Waals surface area contributed by atoms with Gasteiger partial charge in [0.1, 0.15) is 0 Å². The third-order valence-corrected chi connectivity index (χ3v) is 4.81. The smallest absolute Gasteiger partial charge is 0.0552 e. The molecule has 0 aliphatic carbocycles. The summed E-state index contributed by atoms with van der Waals surface area (Å²) in [5.74, 6) is 0. The molecule has 22 heavy (non-hydrogen) atoms. The van der Waals surface area contributed by atoms with Gasteiger partial charge in [-0.05, 0) is 42.1 Å². The van der Waals surface area contributed by atoms with Gasteiger partial charge in [0.15, 0.2) is 0 Å². The molecule has 2 nitrogen and oxygen atoms in total. The second kappa shape index (κ2) is 5.35. The van der Waals surface area contributed by atoms with Crippen molar-refractivity contribution >= 4 is 33.6 Å². The number of benzene rings is 2. The number of thiophene rings is 1. The Balaban J connectivity index is 1.78. The Hall–Kier alpha value is -2.52. The van der Waals surface area contributed by atoms with Crippen molar-refractivity contribution in [2.75, 3.05) is 5.32 Å². The zero-order chi connectivity index (χ0) is 14.9. The molecule has 0 bridgehead atoms. The Morgan fingerprint density at radius 1 is 1.09 bits per heavy atom. The normalized spacial score (nSPS) is 11.0. The lowest BCUT2D eigenvalue weighted by Crippen LogP contribution is -1.95. The predicted molar refractivity (Wildman–Crippen MR) is 94.9 cm³/mol. The van der Waals surface area contributed by atoms with Crippen molar-refractivity contribution in [3.8, 4) is 10.4 Å². The summed E-state index contributed by atoms with van der Waals surface area (Å²) in [6.45, 7) is 2.15. The molecule has 107 valence electrons. The zero-order valence-corrected chi connectivity index (χ0v) is 13.0. The van der Waals surface area contributed by atoms with E-state index in [9.17, 15) is 0 Å². The van der Waals surface area contributed by atoms with Crippen LogP contribution in [0, 0.1) is 13.0 Å². The van der Waals surface area contributed by atoms with Crippen LogP contribution in [0.1, 0.15) is 5.56 Å². The first-order chi connectivity index (χ1) is 10.8. The molecule has 4 aromatic rings. The summed E-state index contributed by atoms with van der Waals surface area (Å²) >= 11 is 1.74. The minimum Gasteiger partial charge on any atom is -0.361 e. The fourth-order valence-corrected chi connectivity index (χ4v) is 3.49. The number of nitrogens with one attached hydrogen (secondary N) is 2. The number of para-hydroxylation sites is 1. The highest BCUT2D eigenvalue weighted by molar-refractivity contribution is 7.13. The van der Waals surface area contributed by atoms with E-state index in [0.717, 1.165) is 11.4 Å². The van der Waals surface area contributed by atoms with Gasteiger partial charge >= 0.3 is 0 Å². The van der Waals surface area contributed by atoms with E-state index in [1.165, 1.54) is 26.9 Å². The maximum Gasteiger partial charge on any atom is 0.0552 e. The number of hydrogen-bond donors (Lipinski definition) is 2. The van der Waals surface area contributed by atoms with E-state index in [2.05, 4.69) is 65.1 Å². The van der Waals surface area contributed by atoms with Gasteiger partial charge in [0.25, 0.3) is 0 Å². The van der Waals surface area contributed by atoms with Crippen molar-refractivity contribution < 1.29 is 0 Å². The van der Waals surface area contributed by atoms with E-state index in [1.54, 1.807) is 11.3 Å². The predicted octanol–water partition coefficient (Wildman–Crippen LogP) is 5.75. The van der Waals surface area contributed by atoms with Crippen LogP contribution in [0.4, 0.5) is 11.4 Å². The van der Waals surface area contributed by atoms with Crippen LogP contribution < -0.4 is 5.32 Å². The van der Waals surface area contributed by atoms with Crippen LogP contribution in [-0.2, 0) is 0 Å². The molecule has 0 amide bonds. The van der Waals surface area contributed by atoms with Crippen molar-refractivity contribution in [2.45, 2.75) is 6.92 Å². The third kappa shape index (κ3) is 2.20. The fourth-order valence-electron chi connectivity index (χ4n) is 2.73. The van der Waals surface area contributed by atoms with Gasteiger partial charge in [-0.3, -0.25) is 0 Å². The third-order valence-electron chi connectivity index (χ3n) is 3.91. The summed E-state index contributed by atoms with van der Waals surface area (Å²) in [5.41, 5.74) is 5.73. The summed E-state index contributed by atoms with van der Waals surface area (Å²) in [4.78, 5) is 4.50. The average molecular weight is 303 g/mol. The van der Waals surface area contributed by atoms with Crippen LogP contribution in [-0.4, -0.2) is 4.98 Å². The monoisotopic (exact) mass is 303 g/mol. The van der Waals surface area contributed by atoms with Crippen LogP contribution in [0.3, 0.4) is 0 Å². The maximum absolute atomic E-state index is 3.55. The second-order valence-electron chi connectivity index (χ2n) is 5.24. The molecule has 4 rings (SSSR count). The SMILES string of the molecule is Cc1c(Nc2[c]cccc2-c2cccs2)ccc2[nH]ccc12. The first-order valence-electron chi connectivity index (χ1n) is 7.21. The average Bonchev–Trinajstić information content (AvgIpc) is 3.22. The molecule has 0 atom stereocenters. The molecular formula is C19H15N2S. The molecule has 2 N–H and O–H groups in total. The quantitative estimate of drug-likeness (QED) is 0.495. The highest BCUT2D eigenvalue weighted by Crippen LogP contribution is 2.34. The number of H-pyrrole nitrogens is 1. The molecule has 2 aromatic carbocycles. The van der Waals surface area contributed by atoms with E-state index in [4.69, 9.17) is 0 Å². The van der Waals surface area contributed by atoms with Crippen LogP contribution in [0.5, 0.6) is 0 Å². The lowest BCUT2D eigenvalue weighted by Gasteiger charge is -2.13. The van der Waals surface area contributed by atoms with E-state index in [0.29, 0.717) is 0 Å². The largest absolute Gasteiger partial charge is 0.361 e. The number of anilines is 2. The Labute approximate surface area is 133 Å². The summed E-state index contributed by atoms with van der Waals surface area (Å²) in [6, 6.07) is 20.0. The minimum atomic E-state index is 1.02. The van der Waals surface area contributed by atoms with Gasteiger partial charge < -0.3 is 10.3 Å². The highest BCUT2D eigenvalue weighted by atomic mass is 32.1. The van der Waals surface area contributed by atoms with E-state index < -0.39 is 0 Å². The lowest BCUT2D eigenvalue weighted by atomic mass is 10.1. The molecule has 0 fully saturated rings. The zero-order valence-electron chi connectivity index (χ0n) is 12.2. The number of aromatic amines is 1. The molecule has 0 saturated heterocycles. The lowest BCUT2D eigenvalue weighted by molar-refractivity contribution is 1.45. The summed E-state index contributed by atoms with van der Waals surface area (Å²) < 4.78 is 0. The van der Waals surface area contributed by atoms with Crippen LogP contribution in [0.2, 0.25) is 0 Å². The summed E-state index contributed by atoms with van der Waals surface area (Å²) in [6.07, 6.45) is 1.98. The van der Waals surface area contributed by atoms with Gasteiger partial charge in [-0.1, -0.05) is 24.3 Å². The number of fused-ring (bicyclic) bond motifs is 1. The van der Waals surface area contributed by atoms with E-state index in [1.807, 2.05) is 18.3 Å². The highest BCUT2D eigenvalue weighted by Gasteiger charge is 2.09. The van der Waals surface area contributed by atoms with Gasteiger partial charge in [0.05, 0.1) is 5.69 Å². The number of aromatic nitrogens is 1. The summed E-state index contributed by atoms with van der Waals surface area (Å²) in [5, 5.41) is 6.90. The molecule has 1 radical (unpaired) electrons. The molecule has 0 aliphatic heterocycles. The van der Waals surface area contributed by atoms with Crippen LogP contribution in [0.15, 0.2) is 60.1 Å². The molecule has 0 unspecified atom stereocenters. The molecule has 2 heterocycles. The Morgan fingerprint density at radius 2 is 2.05 bits per heavy atom. The van der Waals surface area contributed by atoms with E-state index in [-0.39, 0.29) is 0 Å². The Kier molecular flexibility index (Phi) is 3.20. The Bertz CT molecular complexity index is 920. The number of aryl methyl sites for hydroxylation is 1. The van der Waals surface area contributed by atoms with Gasteiger partial charge in [-0.25, -0.2) is 0 Å². The van der Waals surface area contributed by atoms with Crippen molar-refractivity contribution in [1.29, 1.82) is 0 Å². The summed E-state index contributed by atoms with van der Waals surface area (Å²) in [7, 11) is 0. The fraction of sp³-hybridized carbons (Fsp3) is 0.0526. The molecular weight excluding hydrogens is 288 g/mol.